The van der Waals surface area contributed by atoms with Crippen LogP contribution < -0.4 is 5.32 Å². The molecule has 1 N–H and O–H groups in total. The minimum absolute atomic E-state index is 0.0685. The molecule has 0 atom stereocenters. The number of hydrogen-bond donors (Lipinski definition) is 1. The van der Waals surface area contributed by atoms with E-state index in [-0.39, 0.29) is 17.9 Å². The fraction of sp³-hybridized carbons (Fsp3) is 0.400. The number of benzene rings is 1. The molecule has 132 valence electrons. The van der Waals surface area contributed by atoms with Gasteiger partial charge in [-0.2, -0.15) is 0 Å². The number of nitrogens with one attached hydrogen (secondary N) is 1. The van der Waals surface area contributed by atoms with Gasteiger partial charge in [0.1, 0.15) is 4.88 Å². The van der Waals surface area contributed by atoms with Gasteiger partial charge in [-0.25, -0.2) is 4.79 Å². The second kappa shape index (κ2) is 7.00. The van der Waals surface area contributed by atoms with Gasteiger partial charge in [0.15, 0.2) is 6.61 Å². The van der Waals surface area contributed by atoms with Crippen LogP contribution in [0.25, 0.3) is 0 Å². The van der Waals surface area contributed by atoms with E-state index in [0.717, 1.165) is 19.3 Å². The Labute approximate surface area is 152 Å². The van der Waals surface area contributed by atoms with Gasteiger partial charge in [0.05, 0.1) is 0 Å². The van der Waals surface area contributed by atoms with Gasteiger partial charge >= 0.3 is 5.97 Å². The predicted octanol–water partition coefficient (Wildman–Crippen LogP) is 4.33. The van der Waals surface area contributed by atoms with Crippen molar-refractivity contribution in [2.75, 3.05) is 11.9 Å². The number of amides is 1. The molecule has 1 heterocycles. The number of carbonyl (C=O) groups is 2. The first-order valence-corrected chi connectivity index (χ1v) is 9.34. The van der Waals surface area contributed by atoms with Crippen LogP contribution >= 0.6 is 11.3 Å². The molecule has 0 fully saturated rings. The molecule has 3 rings (SSSR count). The Morgan fingerprint density at radius 1 is 1.16 bits per heavy atom. The fourth-order valence-electron chi connectivity index (χ4n) is 2.88. The van der Waals surface area contributed by atoms with E-state index >= 15 is 0 Å². The molecule has 2 aromatic rings. The van der Waals surface area contributed by atoms with Crippen molar-refractivity contribution in [2.24, 2.45) is 0 Å². The summed E-state index contributed by atoms with van der Waals surface area (Å²) in [6.45, 7) is 6.14. The zero-order valence-electron chi connectivity index (χ0n) is 14.8. The Hall–Kier alpha value is -2.14. The van der Waals surface area contributed by atoms with E-state index < -0.39 is 5.97 Å². The Kier molecular flexibility index (Phi) is 4.95. The highest BCUT2D eigenvalue weighted by molar-refractivity contribution is 7.14. The minimum Gasteiger partial charge on any atom is -0.451 e. The van der Waals surface area contributed by atoms with Crippen LogP contribution in [0.15, 0.2) is 30.3 Å². The summed E-state index contributed by atoms with van der Waals surface area (Å²) in [4.78, 5) is 25.9. The third-order valence-electron chi connectivity index (χ3n) is 4.32. The average molecular weight is 357 g/mol. The number of ether oxygens (including phenoxy) is 1. The topological polar surface area (TPSA) is 55.4 Å². The van der Waals surface area contributed by atoms with E-state index in [4.69, 9.17) is 4.74 Å². The Balaban J connectivity index is 1.51. The Morgan fingerprint density at radius 3 is 2.52 bits per heavy atom. The predicted molar refractivity (Wildman–Crippen MR) is 100 cm³/mol. The second-order valence-electron chi connectivity index (χ2n) is 7.36. The SMILES string of the molecule is CC(C)(C)c1ccc(NC(=O)COC(=O)c2cc3c(s2)CCC3)cc1. The highest BCUT2D eigenvalue weighted by Gasteiger charge is 2.20. The first-order valence-electron chi connectivity index (χ1n) is 8.52. The summed E-state index contributed by atoms with van der Waals surface area (Å²) in [5, 5.41) is 2.75. The van der Waals surface area contributed by atoms with Crippen molar-refractivity contribution >= 4 is 28.9 Å². The molecule has 0 radical (unpaired) electrons. The van der Waals surface area contributed by atoms with Gasteiger partial charge in [-0.1, -0.05) is 32.9 Å². The maximum atomic E-state index is 12.1. The standard InChI is InChI=1S/C20H23NO3S/c1-20(2,3)14-7-9-15(10-8-14)21-18(22)12-24-19(23)17-11-13-5-4-6-16(13)25-17/h7-11H,4-6,12H2,1-3H3,(H,21,22). The lowest BCUT2D eigenvalue weighted by Gasteiger charge is -2.19. The zero-order chi connectivity index (χ0) is 18.0. The molecule has 5 heteroatoms. The largest absolute Gasteiger partial charge is 0.451 e. The zero-order valence-corrected chi connectivity index (χ0v) is 15.7. The van der Waals surface area contributed by atoms with E-state index in [1.807, 2.05) is 30.3 Å². The van der Waals surface area contributed by atoms with E-state index in [2.05, 4.69) is 26.1 Å². The smallest absolute Gasteiger partial charge is 0.348 e. The Bertz CT molecular complexity index is 763. The van der Waals surface area contributed by atoms with E-state index in [1.54, 1.807) is 0 Å². The van der Waals surface area contributed by atoms with Crippen LogP contribution in [0.1, 0.15) is 52.9 Å². The third kappa shape index (κ3) is 4.28. The molecule has 1 aromatic carbocycles. The monoisotopic (exact) mass is 357 g/mol. The molecule has 1 aromatic heterocycles. The first-order chi connectivity index (χ1) is 11.8. The van der Waals surface area contributed by atoms with Crippen LogP contribution in [0, 0.1) is 0 Å². The average Bonchev–Trinajstić information content (AvgIpc) is 3.14. The van der Waals surface area contributed by atoms with Crippen molar-refractivity contribution in [3.05, 3.63) is 51.2 Å². The van der Waals surface area contributed by atoms with Crippen LogP contribution in [0.5, 0.6) is 0 Å². The van der Waals surface area contributed by atoms with Gasteiger partial charge in [0.25, 0.3) is 5.91 Å². The molecular formula is C20H23NO3S. The van der Waals surface area contributed by atoms with Crippen LogP contribution in [-0.2, 0) is 27.8 Å². The first kappa shape index (κ1) is 17.7. The number of aryl methyl sites for hydroxylation is 2. The lowest BCUT2D eigenvalue weighted by atomic mass is 9.87. The maximum absolute atomic E-state index is 12.1. The highest BCUT2D eigenvalue weighted by Crippen LogP contribution is 2.31. The number of carbonyl (C=O) groups excluding carboxylic acids is 2. The summed E-state index contributed by atoms with van der Waals surface area (Å²) in [7, 11) is 0. The molecule has 0 spiro atoms. The van der Waals surface area contributed by atoms with Gasteiger partial charge in [0, 0.05) is 10.6 Å². The van der Waals surface area contributed by atoms with Gasteiger partial charge < -0.3 is 10.1 Å². The number of esters is 1. The van der Waals surface area contributed by atoms with Crippen LogP contribution in [0.2, 0.25) is 0 Å². The van der Waals surface area contributed by atoms with Gasteiger partial charge in [0.2, 0.25) is 0 Å². The van der Waals surface area contributed by atoms with E-state index in [1.165, 1.54) is 27.3 Å². The molecule has 4 nitrogen and oxygen atoms in total. The number of anilines is 1. The fourth-order valence-corrected chi connectivity index (χ4v) is 4.03. The quantitative estimate of drug-likeness (QED) is 0.829. The summed E-state index contributed by atoms with van der Waals surface area (Å²) >= 11 is 1.48. The molecule has 1 aliphatic rings. The second-order valence-corrected chi connectivity index (χ2v) is 8.50. The van der Waals surface area contributed by atoms with Crippen molar-refractivity contribution in [1.82, 2.24) is 0 Å². The van der Waals surface area contributed by atoms with Crippen LogP contribution in [-0.4, -0.2) is 18.5 Å². The number of thiophene rings is 1. The van der Waals surface area contributed by atoms with E-state index in [0.29, 0.717) is 10.6 Å². The molecule has 0 saturated carbocycles. The third-order valence-corrected chi connectivity index (χ3v) is 5.53. The lowest BCUT2D eigenvalue weighted by molar-refractivity contribution is -0.119. The molecule has 0 aliphatic heterocycles. The van der Waals surface area contributed by atoms with Crippen molar-refractivity contribution in [2.45, 2.75) is 45.4 Å². The maximum Gasteiger partial charge on any atom is 0.348 e. The molecule has 25 heavy (non-hydrogen) atoms. The normalized spacial score (nSPS) is 13.4. The van der Waals surface area contributed by atoms with Crippen LogP contribution in [0.3, 0.4) is 0 Å². The minimum atomic E-state index is -0.419. The molecular weight excluding hydrogens is 334 g/mol. The molecule has 1 amide bonds. The molecule has 0 bridgehead atoms. The summed E-state index contributed by atoms with van der Waals surface area (Å²) in [5.41, 5.74) is 3.21. The van der Waals surface area contributed by atoms with Crippen molar-refractivity contribution in [3.8, 4) is 0 Å². The lowest BCUT2D eigenvalue weighted by Crippen LogP contribution is -2.20. The summed E-state index contributed by atoms with van der Waals surface area (Å²) < 4.78 is 5.14. The van der Waals surface area contributed by atoms with E-state index in [9.17, 15) is 9.59 Å². The number of rotatable bonds is 4. The van der Waals surface area contributed by atoms with Gasteiger partial charge in [-0.05, 0) is 54.0 Å². The summed E-state index contributed by atoms with van der Waals surface area (Å²) in [6.07, 6.45) is 3.23. The van der Waals surface area contributed by atoms with Gasteiger partial charge in [-0.15, -0.1) is 11.3 Å². The van der Waals surface area contributed by atoms with Crippen molar-refractivity contribution in [3.63, 3.8) is 0 Å². The van der Waals surface area contributed by atoms with Crippen LogP contribution in [0.4, 0.5) is 5.69 Å². The molecule has 0 unspecified atom stereocenters. The highest BCUT2D eigenvalue weighted by atomic mass is 32.1. The molecule has 0 saturated heterocycles. The van der Waals surface area contributed by atoms with Gasteiger partial charge in [-0.3, -0.25) is 4.79 Å². The summed E-state index contributed by atoms with van der Waals surface area (Å²) in [5.74, 6) is -0.751. The Morgan fingerprint density at radius 2 is 1.88 bits per heavy atom. The van der Waals surface area contributed by atoms with Crippen molar-refractivity contribution in [1.29, 1.82) is 0 Å². The number of fused-ring (bicyclic) bond motifs is 1. The summed E-state index contributed by atoms with van der Waals surface area (Å²) in [6, 6.07) is 9.62. The van der Waals surface area contributed by atoms with Crippen molar-refractivity contribution < 1.29 is 14.3 Å². The number of hydrogen-bond acceptors (Lipinski definition) is 4. The molecule has 1 aliphatic carbocycles.